The van der Waals surface area contributed by atoms with Gasteiger partial charge in [0, 0.05) is 0 Å². The minimum atomic E-state index is -3.49. The second-order valence-corrected chi connectivity index (χ2v) is 15.3. The quantitative estimate of drug-likeness (QED) is 0.252. The van der Waals surface area contributed by atoms with Crippen molar-refractivity contribution >= 4 is 49.7 Å². The van der Waals surface area contributed by atoms with Crippen LogP contribution in [0.1, 0.15) is 5.82 Å². The standard InChI is InChI=1S/C29H25ClN4P/c1-33-28(32-29-26-18-11-20-31-27(26)19-21-34(29)33)22-35(30,23-12-5-2-6-13-23,24-14-7-3-8-15-24)25-16-9-4-10-17-25/h2-21H,22H2,1H3/q+1. The zero-order chi connectivity index (χ0) is 23.9. The number of rotatable bonds is 5. The van der Waals surface area contributed by atoms with Crippen LogP contribution < -0.4 is 20.4 Å². The Morgan fingerprint density at radius 1 is 0.743 bits per heavy atom. The first-order valence-corrected chi connectivity index (χ1v) is 14.9. The van der Waals surface area contributed by atoms with Gasteiger partial charge < -0.3 is 0 Å². The van der Waals surface area contributed by atoms with Crippen molar-refractivity contribution in [3.63, 3.8) is 0 Å². The molecule has 4 nitrogen and oxygen atoms in total. The number of pyridine rings is 2. The van der Waals surface area contributed by atoms with Crippen LogP contribution in [0.4, 0.5) is 0 Å². The van der Waals surface area contributed by atoms with Gasteiger partial charge in [-0.15, -0.1) is 0 Å². The van der Waals surface area contributed by atoms with Crippen LogP contribution in [0.2, 0.25) is 0 Å². The van der Waals surface area contributed by atoms with Crippen molar-refractivity contribution in [2.24, 2.45) is 7.05 Å². The third-order valence-electron chi connectivity index (χ3n) is 6.92. The molecule has 0 bridgehead atoms. The van der Waals surface area contributed by atoms with Crippen LogP contribution in [-0.4, -0.2) is 14.6 Å². The monoisotopic (exact) mass is 495 g/mol. The summed E-state index contributed by atoms with van der Waals surface area (Å²) in [6, 6.07) is 37.6. The van der Waals surface area contributed by atoms with Crippen LogP contribution >= 0.6 is 17.2 Å². The van der Waals surface area contributed by atoms with E-state index in [9.17, 15) is 0 Å². The summed E-state index contributed by atoms with van der Waals surface area (Å²) in [5.74, 6) is -2.57. The Morgan fingerprint density at radius 2 is 1.29 bits per heavy atom. The van der Waals surface area contributed by atoms with Crippen molar-refractivity contribution in [3.05, 3.63) is 127 Å². The molecule has 0 atom stereocenters. The molecule has 172 valence electrons. The zero-order valence-electron chi connectivity index (χ0n) is 19.4. The molecule has 6 heteroatoms. The zero-order valence-corrected chi connectivity index (χ0v) is 21.0. The van der Waals surface area contributed by atoms with Gasteiger partial charge in [-0.2, -0.15) is 0 Å². The number of benzene rings is 3. The summed E-state index contributed by atoms with van der Waals surface area (Å²) in [7, 11) is 2.05. The SMILES string of the molecule is Cn1c(CP(Cl)(c2ccccc2)(c2ccccc2)c2ccccc2)nc2c3cccnc3cc[n+]21. The molecule has 3 aromatic carbocycles. The molecular formula is C29H25ClN4P+. The van der Waals surface area contributed by atoms with E-state index in [0.29, 0.717) is 6.16 Å². The maximum absolute atomic E-state index is 8.28. The molecule has 0 aliphatic heterocycles. The molecule has 0 N–H and O–H groups in total. The normalized spacial score (nSPS) is 13.0. The Labute approximate surface area is 209 Å². The molecule has 6 aromatic rings. The van der Waals surface area contributed by atoms with Crippen molar-refractivity contribution in [2.75, 3.05) is 0 Å². The molecule has 0 aliphatic carbocycles. The Balaban J connectivity index is 1.69. The Hall–Kier alpha value is -3.59. The summed E-state index contributed by atoms with van der Waals surface area (Å²) < 4.78 is 4.19. The molecular weight excluding hydrogens is 471 g/mol. The average molecular weight is 496 g/mol. The van der Waals surface area contributed by atoms with Gasteiger partial charge in [-0.25, -0.2) is 0 Å². The first-order valence-electron chi connectivity index (χ1n) is 11.6. The molecule has 3 heterocycles. The van der Waals surface area contributed by atoms with E-state index in [-0.39, 0.29) is 0 Å². The van der Waals surface area contributed by atoms with E-state index in [4.69, 9.17) is 16.2 Å². The molecule has 0 saturated carbocycles. The van der Waals surface area contributed by atoms with Gasteiger partial charge in [0.1, 0.15) is 0 Å². The Bertz CT molecular complexity index is 1550. The number of hydrogen-bond acceptors (Lipinski definition) is 2. The summed E-state index contributed by atoms with van der Waals surface area (Å²) >= 11 is 8.28. The second kappa shape index (κ2) is 8.27. The molecule has 3 aromatic heterocycles. The van der Waals surface area contributed by atoms with Gasteiger partial charge in [-0.3, -0.25) is 0 Å². The molecule has 0 fully saturated rings. The molecule has 0 spiro atoms. The molecule has 0 unspecified atom stereocenters. The topological polar surface area (TPSA) is 34.8 Å². The first kappa shape index (κ1) is 21.9. The van der Waals surface area contributed by atoms with Crippen LogP contribution in [0.25, 0.3) is 16.6 Å². The van der Waals surface area contributed by atoms with Crippen molar-refractivity contribution in [1.82, 2.24) is 14.6 Å². The summed E-state index contributed by atoms with van der Waals surface area (Å²) in [5, 5.41) is 4.40. The second-order valence-electron chi connectivity index (χ2n) is 8.82. The Kier molecular flexibility index (Phi) is 5.17. The minimum absolute atomic E-state index is 0.575. The third-order valence-corrected chi connectivity index (χ3v) is 14.0. The van der Waals surface area contributed by atoms with Gasteiger partial charge in [0.2, 0.25) is 0 Å². The average Bonchev–Trinajstić information content (AvgIpc) is 3.25. The van der Waals surface area contributed by atoms with Crippen LogP contribution in [0, 0.1) is 0 Å². The van der Waals surface area contributed by atoms with Crippen molar-refractivity contribution in [2.45, 2.75) is 6.16 Å². The summed E-state index contributed by atoms with van der Waals surface area (Å²) in [5.41, 5.74) is 1.80. The van der Waals surface area contributed by atoms with Gasteiger partial charge in [0.05, 0.1) is 0 Å². The van der Waals surface area contributed by atoms with Crippen LogP contribution in [0.15, 0.2) is 122 Å². The van der Waals surface area contributed by atoms with E-state index in [0.717, 1.165) is 38.3 Å². The van der Waals surface area contributed by atoms with Gasteiger partial charge in [-0.1, -0.05) is 0 Å². The number of fused-ring (bicyclic) bond motifs is 3. The van der Waals surface area contributed by atoms with Crippen LogP contribution in [-0.2, 0) is 13.2 Å². The number of hydrogen-bond donors (Lipinski definition) is 0. The van der Waals surface area contributed by atoms with Crippen molar-refractivity contribution < 1.29 is 4.52 Å². The number of aryl methyl sites for hydroxylation is 1. The van der Waals surface area contributed by atoms with Crippen LogP contribution in [0.3, 0.4) is 0 Å². The van der Waals surface area contributed by atoms with Gasteiger partial charge in [0.15, 0.2) is 0 Å². The van der Waals surface area contributed by atoms with Crippen LogP contribution in [0.5, 0.6) is 0 Å². The van der Waals surface area contributed by atoms with E-state index in [1.54, 1.807) is 0 Å². The predicted molar refractivity (Wildman–Crippen MR) is 146 cm³/mol. The van der Waals surface area contributed by atoms with E-state index in [1.165, 1.54) is 0 Å². The summed E-state index contributed by atoms with van der Waals surface area (Å²) in [4.78, 5) is 9.70. The van der Waals surface area contributed by atoms with Gasteiger partial charge in [0.25, 0.3) is 0 Å². The van der Waals surface area contributed by atoms with E-state index in [1.807, 2.05) is 42.7 Å². The number of nitrogens with zero attached hydrogens (tertiary/aromatic N) is 4. The molecule has 0 saturated heterocycles. The number of halogens is 1. The molecule has 0 amide bonds. The number of aromatic nitrogens is 4. The Morgan fingerprint density at radius 3 is 1.83 bits per heavy atom. The molecule has 35 heavy (non-hydrogen) atoms. The fourth-order valence-electron chi connectivity index (χ4n) is 5.09. The summed E-state index contributed by atoms with van der Waals surface area (Å²) in [6.45, 7) is 0. The molecule has 6 rings (SSSR count). The summed E-state index contributed by atoms with van der Waals surface area (Å²) in [6.07, 6.45) is 4.41. The van der Waals surface area contributed by atoms with Crippen molar-refractivity contribution in [3.8, 4) is 0 Å². The van der Waals surface area contributed by atoms with Crippen molar-refractivity contribution in [1.29, 1.82) is 0 Å². The molecule has 0 aliphatic rings. The van der Waals surface area contributed by atoms with Gasteiger partial charge >= 0.3 is 209 Å². The van der Waals surface area contributed by atoms with E-state index in [2.05, 4.69) is 100 Å². The van der Waals surface area contributed by atoms with Gasteiger partial charge in [-0.05, 0) is 0 Å². The first-order chi connectivity index (χ1) is 17.1. The third kappa shape index (κ3) is 3.29. The fraction of sp³-hybridized carbons (Fsp3) is 0.0690. The predicted octanol–water partition coefficient (Wildman–Crippen LogP) is 4.89. The molecule has 0 radical (unpaired) electrons. The van der Waals surface area contributed by atoms with E-state index < -0.39 is 5.96 Å². The fourth-order valence-corrected chi connectivity index (χ4v) is 11.1. The van der Waals surface area contributed by atoms with E-state index >= 15 is 0 Å². The maximum atomic E-state index is 8.28.